The molecule has 0 aliphatic carbocycles. The molecule has 2 aromatic carbocycles. The number of amidine groups is 1. The summed E-state index contributed by atoms with van der Waals surface area (Å²) in [5.41, 5.74) is 1.82. The molecule has 0 aromatic heterocycles. The van der Waals surface area contributed by atoms with Gasteiger partial charge < -0.3 is 15.2 Å². The zero-order valence-corrected chi connectivity index (χ0v) is 16.1. The van der Waals surface area contributed by atoms with Crippen molar-refractivity contribution in [3.63, 3.8) is 0 Å². The predicted octanol–water partition coefficient (Wildman–Crippen LogP) is 3.32. The van der Waals surface area contributed by atoms with Crippen LogP contribution in [-0.4, -0.2) is 33.6 Å². The van der Waals surface area contributed by atoms with E-state index in [0.29, 0.717) is 17.4 Å². The third-order valence-corrected chi connectivity index (χ3v) is 5.01. The lowest BCUT2D eigenvalue weighted by Gasteiger charge is -2.06. The van der Waals surface area contributed by atoms with Crippen molar-refractivity contribution in [2.45, 2.75) is 18.3 Å². The molecule has 1 fully saturated rings. The number of halogens is 1. The summed E-state index contributed by atoms with van der Waals surface area (Å²) in [6, 6.07) is 14.7. The average molecular weight is 418 g/mol. The summed E-state index contributed by atoms with van der Waals surface area (Å²) in [5.74, 6) is -0.687. The summed E-state index contributed by atoms with van der Waals surface area (Å²) < 4.78 is 5.71. The van der Waals surface area contributed by atoms with E-state index in [2.05, 4.69) is 15.5 Å². The molecule has 1 atom stereocenters. The SMILES string of the molecule is O=C(O)C[C@@H]1S/C(=N\N=C/c2ccc(OCc3ccc(Cl)cc3)cc2)NC1=O. The highest BCUT2D eigenvalue weighted by Crippen LogP contribution is 2.22. The number of carboxylic acid groups (broad SMARTS) is 1. The number of nitrogens with one attached hydrogen (secondary N) is 1. The smallest absolute Gasteiger partial charge is 0.305 e. The van der Waals surface area contributed by atoms with Gasteiger partial charge in [-0.05, 0) is 47.5 Å². The van der Waals surface area contributed by atoms with Crippen molar-refractivity contribution < 1.29 is 19.4 Å². The van der Waals surface area contributed by atoms with Crippen LogP contribution in [0.2, 0.25) is 5.02 Å². The van der Waals surface area contributed by atoms with Crippen LogP contribution in [0.25, 0.3) is 0 Å². The van der Waals surface area contributed by atoms with E-state index < -0.39 is 11.2 Å². The van der Waals surface area contributed by atoms with E-state index in [4.69, 9.17) is 21.4 Å². The first kappa shape index (κ1) is 19.9. The quantitative estimate of drug-likeness (QED) is 0.531. The van der Waals surface area contributed by atoms with Crippen LogP contribution in [0.1, 0.15) is 17.5 Å². The molecule has 0 bridgehead atoms. The van der Waals surface area contributed by atoms with Gasteiger partial charge >= 0.3 is 5.97 Å². The maximum absolute atomic E-state index is 11.6. The third-order valence-electron chi connectivity index (χ3n) is 3.69. The fourth-order valence-corrected chi connectivity index (χ4v) is 3.33. The summed E-state index contributed by atoms with van der Waals surface area (Å²) >= 11 is 6.91. The Balaban J connectivity index is 1.52. The fourth-order valence-electron chi connectivity index (χ4n) is 2.29. The molecule has 1 aliphatic rings. The Morgan fingerprint density at radius 2 is 1.93 bits per heavy atom. The zero-order chi connectivity index (χ0) is 19.9. The Bertz CT molecular complexity index is 914. The van der Waals surface area contributed by atoms with Crippen molar-refractivity contribution in [1.29, 1.82) is 0 Å². The molecule has 1 heterocycles. The van der Waals surface area contributed by atoms with E-state index in [-0.39, 0.29) is 17.5 Å². The molecule has 0 spiro atoms. The van der Waals surface area contributed by atoms with Gasteiger partial charge in [-0.25, -0.2) is 0 Å². The standard InChI is InChI=1S/C19H16ClN3O4S/c20-14-5-1-13(2-6-14)11-27-15-7-3-12(4-8-15)10-21-23-19-22-18(26)16(28-19)9-17(24)25/h1-8,10,16H,9,11H2,(H,24,25)(H,22,23,26)/b21-10-/t16-/m0/s1. The second kappa shape index (κ2) is 9.38. The lowest BCUT2D eigenvalue weighted by atomic mass is 10.2. The number of ether oxygens (including phenoxy) is 1. The highest BCUT2D eigenvalue weighted by Gasteiger charge is 2.32. The molecule has 2 aromatic rings. The molecular weight excluding hydrogens is 402 g/mol. The minimum absolute atomic E-state index is 0.253. The van der Waals surface area contributed by atoms with Crippen LogP contribution in [0.5, 0.6) is 5.75 Å². The molecule has 1 saturated heterocycles. The Labute approximate surface area is 170 Å². The van der Waals surface area contributed by atoms with Gasteiger partial charge in [-0.1, -0.05) is 35.5 Å². The summed E-state index contributed by atoms with van der Waals surface area (Å²) in [4.78, 5) is 22.3. The maximum atomic E-state index is 11.6. The van der Waals surface area contributed by atoms with Crippen molar-refractivity contribution in [1.82, 2.24) is 5.32 Å². The number of nitrogens with zero attached hydrogens (tertiary/aromatic N) is 2. The van der Waals surface area contributed by atoms with Crippen molar-refractivity contribution in [2.75, 3.05) is 0 Å². The molecule has 0 saturated carbocycles. The van der Waals surface area contributed by atoms with Crippen molar-refractivity contribution in [2.24, 2.45) is 10.2 Å². The number of rotatable bonds is 7. The molecule has 7 nitrogen and oxygen atoms in total. The lowest BCUT2D eigenvalue weighted by molar-refractivity contribution is -0.138. The second-order valence-electron chi connectivity index (χ2n) is 5.83. The number of hydrogen-bond acceptors (Lipinski definition) is 6. The molecule has 2 N–H and O–H groups in total. The summed E-state index contributed by atoms with van der Waals surface area (Å²) in [6.45, 7) is 0.437. The van der Waals surface area contributed by atoms with Gasteiger partial charge in [0.05, 0.1) is 12.6 Å². The largest absolute Gasteiger partial charge is 0.489 e. The van der Waals surface area contributed by atoms with Crippen LogP contribution < -0.4 is 10.1 Å². The summed E-state index contributed by atoms with van der Waals surface area (Å²) in [7, 11) is 0. The van der Waals surface area contributed by atoms with E-state index in [1.165, 1.54) is 6.21 Å². The van der Waals surface area contributed by atoms with Crippen LogP contribution in [0.15, 0.2) is 58.7 Å². The maximum Gasteiger partial charge on any atom is 0.305 e. The summed E-state index contributed by atoms with van der Waals surface area (Å²) in [6.07, 6.45) is 1.28. The molecule has 0 unspecified atom stereocenters. The summed E-state index contributed by atoms with van der Waals surface area (Å²) in [5, 5.41) is 19.4. The van der Waals surface area contributed by atoms with Crippen LogP contribution in [0.3, 0.4) is 0 Å². The third kappa shape index (κ3) is 5.83. The van der Waals surface area contributed by atoms with E-state index in [0.717, 1.165) is 22.9 Å². The minimum atomic E-state index is -1.03. The van der Waals surface area contributed by atoms with Crippen LogP contribution in [0, 0.1) is 0 Å². The number of aliphatic carboxylic acids is 1. The van der Waals surface area contributed by atoms with Gasteiger partial charge in [-0.3, -0.25) is 9.59 Å². The van der Waals surface area contributed by atoms with E-state index >= 15 is 0 Å². The van der Waals surface area contributed by atoms with Gasteiger partial charge in [-0.15, -0.1) is 5.10 Å². The topological polar surface area (TPSA) is 100 Å². The fraction of sp³-hybridized carbons (Fsp3) is 0.158. The van der Waals surface area contributed by atoms with Gasteiger partial charge in [0.2, 0.25) is 5.91 Å². The molecule has 1 amide bonds. The van der Waals surface area contributed by atoms with Crippen molar-refractivity contribution in [3.05, 3.63) is 64.7 Å². The number of amides is 1. The molecular formula is C19H16ClN3O4S. The van der Waals surface area contributed by atoms with Crippen molar-refractivity contribution in [3.8, 4) is 5.75 Å². The first-order valence-electron chi connectivity index (χ1n) is 8.27. The predicted molar refractivity (Wildman–Crippen MR) is 109 cm³/mol. The molecule has 144 valence electrons. The molecule has 28 heavy (non-hydrogen) atoms. The van der Waals surface area contributed by atoms with Crippen LogP contribution in [0.4, 0.5) is 0 Å². The second-order valence-corrected chi connectivity index (χ2v) is 7.46. The van der Waals surface area contributed by atoms with Crippen LogP contribution >= 0.6 is 23.4 Å². The molecule has 1 aliphatic heterocycles. The van der Waals surface area contributed by atoms with Gasteiger partial charge in [-0.2, -0.15) is 5.10 Å². The Morgan fingerprint density at radius 3 is 2.61 bits per heavy atom. The number of thioether (sulfide) groups is 1. The lowest BCUT2D eigenvalue weighted by Crippen LogP contribution is -2.26. The van der Waals surface area contributed by atoms with Crippen molar-refractivity contribution >= 4 is 46.6 Å². The Kier molecular flexibility index (Phi) is 6.67. The molecule has 9 heteroatoms. The van der Waals surface area contributed by atoms with E-state index in [1.807, 2.05) is 48.5 Å². The number of carboxylic acids is 1. The minimum Gasteiger partial charge on any atom is -0.489 e. The number of benzene rings is 2. The number of carbonyl (C=O) groups is 2. The highest BCUT2D eigenvalue weighted by atomic mass is 35.5. The highest BCUT2D eigenvalue weighted by molar-refractivity contribution is 8.15. The Hall–Kier alpha value is -2.84. The molecule has 0 radical (unpaired) electrons. The number of carbonyl (C=O) groups excluding carboxylic acids is 1. The van der Waals surface area contributed by atoms with Gasteiger partial charge in [0.25, 0.3) is 0 Å². The van der Waals surface area contributed by atoms with Gasteiger partial charge in [0.1, 0.15) is 17.6 Å². The first-order valence-corrected chi connectivity index (χ1v) is 9.53. The number of hydrogen-bond donors (Lipinski definition) is 2. The van der Waals surface area contributed by atoms with Crippen LogP contribution in [-0.2, 0) is 16.2 Å². The Morgan fingerprint density at radius 1 is 1.21 bits per heavy atom. The monoisotopic (exact) mass is 417 g/mol. The average Bonchev–Trinajstić information content (AvgIpc) is 3.01. The van der Waals surface area contributed by atoms with Gasteiger partial charge in [0, 0.05) is 5.02 Å². The van der Waals surface area contributed by atoms with E-state index in [1.54, 1.807) is 0 Å². The first-order chi connectivity index (χ1) is 13.5. The van der Waals surface area contributed by atoms with Gasteiger partial charge in [0.15, 0.2) is 5.17 Å². The zero-order valence-electron chi connectivity index (χ0n) is 14.5. The van der Waals surface area contributed by atoms with E-state index in [9.17, 15) is 9.59 Å². The normalized spacial score (nSPS) is 17.8. The molecule has 3 rings (SSSR count).